The van der Waals surface area contributed by atoms with Gasteiger partial charge in [-0.1, -0.05) is 11.8 Å². The Kier molecular flexibility index (Phi) is 4.63. The molecule has 0 atom stereocenters. The molecule has 1 fully saturated rings. The molecule has 1 N–H and O–H groups in total. The molecule has 138 valence electrons. The molecule has 0 spiro atoms. The normalized spacial score (nSPS) is 14.9. The molecule has 3 aromatic rings. The first kappa shape index (κ1) is 17.9. The van der Waals surface area contributed by atoms with Crippen molar-refractivity contribution in [3.05, 3.63) is 64.5 Å². The molecule has 1 saturated heterocycles. The van der Waals surface area contributed by atoms with Gasteiger partial charge >= 0.3 is 0 Å². The summed E-state index contributed by atoms with van der Waals surface area (Å²) < 4.78 is 5.85. The first-order valence-corrected chi connectivity index (χ1v) is 9.23. The third-order valence-corrected chi connectivity index (χ3v) is 4.89. The summed E-state index contributed by atoms with van der Waals surface area (Å²) in [7, 11) is 3.97. The maximum Gasteiger partial charge on any atom is 0.290 e. The van der Waals surface area contributed by atoms with E-state index in [9.17, 15) is 9.59 Å². The lowest BCUT2D eigenvalue weighted by atomic mass is 10.1. The van der Waals surface area contributed by atoms with E-state index in [-0.39, 0.29) is 5.24 Å². The minimum Gasteiger partial charge on any atom is -0.455 e. The van der Waals surface area contributed by atoms with Crippen molar-refractivity contribution in [1.29, 1.82) is 0 Å². The molecule has 1 aliphatic rings. The fourth-order valence-electron chi connectivity index (χ4n) is 2.67. The molecule has 1 aromatic carbocycles. The molecule has 0 bridgehead atoms. The van der Waals surface area contributed by atoms with Gasteiger partial charge in [0.2, 0.25) is 0 Å². The Hall–Kier alpha value is -3.50. The average molecular weight is 389 g/mol. The smallest absolute Gasteiger partial charge is 0.290 e. The van der Waals surface area contributed by atoms with E-state index in [1.54, 1.807) is 24.5 Å². The van der Waals surface area contributed by atoms with E-state index in [0.29, 0.717) is 21.8 Å². The predicted octanol–water partition coefficient (Wildman–Crippen LogP) is 3.62. The van der Waals surface area contributed by atoms with Crippen LogP contribution < -0.4 is 10.2 Å². The van der Waals surface area contributed by atoms with Crippen LogP contribution in [-0.4, -0.2) is 30.2 Å². The van der Waals surface area contributed by atoms with Gasteiger partial charge in [0.15, 0.2) is 5.58 Å². The molecule has 0 radical (unpaired) electrons. The van der Waals surface area contributed by atoms with Crippen LogP contribution in [-0.2, 0) is 4.79 Å². The van der Waals surface area contributed by atoms with E-state index in [0.717, 1.165) is 28.4 Å². The quantitative estimate of drug-likeness (QED) is 0.533. The van der Waals surface area contributed by atoms with Crippen molar-refractivity contribution in [2.75, 3.05) is 19.0 Å². The first-order valence-electron chi connectivity index (χ1n) is 8.41. The highest BCUT2D eigenvalue weighted by Crippen LogP contribution is 2.28. The van der Waals surface area contributed by atoms with Gasteiger partial charge in [0, 0.05) is 49.2 Å². The minimum absolute atomic E-state index is 0.297. The van der Waals surface area contributed by atoms with Crippen LogP contribution >= 0.6 is 11.8 Å². The molecule has 1 aliphatic heterocycles. The van der Waals surface area contributed by atoms with Crippen LogP contribution in [0.1, 0.15) is 16.9 Å². The summed E-state index contributed by atoms with van der Waals surface area (Å²) in [6.45, 7) is 0. The fourth-order valence-corrected chi connectivity index (χ4v) is 3.34. The molecular weight excluding hydrogens is 374 g/mol. The standard InChI is InChI=1S/C21H15N3O3S/c1-24(2)16-7-4-13(5-8-16)3-6-14-11-22-12-15-9-17(27-19(14)15)10-18-20(25)23-21(26)28-18/h4-5,7-12H,1-2H3,(H,23,25,26)/b18-10+. The Labute approximate surface area is 165 Å². The van der Waals surface area contributed by atoms with E-state index in [1.807, 2.05) is 43.3 Å². The second-order valence-electron chi connectivity index (χ2n) is 6.30. The number of rotatable bonds is 2. The van der Waals surface area contributed by atoms with Gasteiger partial charge in [0.1, 0.15) is 5.76 Å². The summed E-state index contributed by atoms with van der Waals surface area (Å²) in [6, 6.07) is 9.70. The Balaban J connectivity index is 1.66. The first-order chi connectivity index (χ1) is 13.5. The molecular formula is C21H15N3O3S. The fraction of sp³-hybridized carbons (Fsp3) is 0.0952. The molecule has 2 aromatic heterocycles. The third-order valence-electron chi connectivity index (χ3n) is 4.08. The van der Waals surface area contributed by atoms with Gasteiger partial charge in [-0.2, -0.15) is 0 Å². The largest absolute Gasteiger partial charge is 0.455 e. The van der Waals surface area contributed by atoms with Crippen molar-refractivity contribution >= 4 is 45.6 Å². The summed E-state index contributed by atoms with van der Waals surface area (Å²) in [5, 5.41) is 2.61. The number of hydrogen-bond donors (Lipinski definition) is 1. The van der Waals surface area contributed by atoms with Crippen molar-refractivity contribution in [3.63, 3.8) is 0 Å². The molecule has 6 nitrogen and oxygen atoms in total. The number of hydrogen-bond acceptors (Lipinski definition) is 6. The number of amides is 2. The molecule has 0 unspecified atom stereocenters. The molecule has 28 heavy (non-hydrogen) atoms. The molecule has 0 saturated carbocycles. The number of imide groups is 1. The molecule has 2 amide bonds. The number of fused-ring (bicyclic) bond motifs is 1. The van der Waals surface area contributed by atoms with E-state index in [4.69, 9.17) is 4.42 Å². The van der Waals surface area contributed by atoms with Crippen LogP contribution in [0.5, 0.6) is 0 Å². The monoisotopic (exact) mass is 389 g/mol. The zero-order valence-electron chi connectivity index (χ0n) is 15.1. The lowest BCUT2D eigenvalue weighted by Gasteiger charge is -2.11. The van der Waals surface area contributed by atoms with E-state index >= 15 is 0 Å². The Morgan fingerprint density at radius 3 is 2.61 bits per heavy atom. The maximum absolute atomic E-state index is 11.7. The number of aromatic nitrogens is 1. The summed E-state index contributed by atoms with van der Waals surface area (Å²) >= 11 is 0.848. The third kappa shape index (κ3) is 3.63. The van der Waals surface area contributed by atoms with Gasteiger partial charge in [-0.3, -0.25) is 19.9 Å². The lowest BCUT2D eigenvalue weighted by molar-refractivity contribution is -0.115. The van der Waals surface area contributed by atoms with E-state index < -0.39 is 5.91 Å². The lowest BCUT2D eigenvalue weighted by Crippen LogP contribution is -2.17. The van der Waals surface area contributed by atoms with Gasteiger partial charge in [0.25, 0.3) is 11.1 Å². The van der Waals surface area contributed by atoms with E-state index in [2.05, 4.69) is 22.1 Å². The van der Waals surface area contributed by atoms with Crippen LogP contribution in [0.2, 0.25) is 0 Å². The molecule has 7 heteroatoms. The zero-order valence-corrected chi connectivity index (χ0v) is 16.0. The number of nitrogens with one attached hydrogen (secondary N) is 1. The minimum atomic E-state index is -0.422. The van der Waals surface area contributed by atoms with Gasteiger partial charge in [0.05, 0.1) is 10.5 Å². The molecule has 4 rings (SSSR count). The summed E-state index contributed by atoms with van der Waals surface area (Å²) in [5.74, 6) is 6.26. The SMILES string of the molecule is CN(C)c1ccc(C#Cc2cncc3cc(/C=C4/SC(=O)NC4=O)oc23)cc1. The average Bonchev–Trinajstić information content (AvgIpc) is 3.22. The highest BCUT2D eigenvalue weighted by molar-refractivity contribution is 8.18. The van der Waals surface area contributed by atoms with Crippen molar-refractivity contribution in [2.24, 2.45) is 0 Å². The second kappa shape index (κ2) is 7.25. The number of carbonyl (C=O) groups excluding carboxylic acids is 2. The van der Waals surface area contributed by atoms with E-state index in [1.165, 1.54) is 0 Å². The van der Waals surface area contributed by atoms with Crippen molar-refractivity contribution in [3.8, 4) is 11.8 Å². The number of nitrogens with zero attached hydrogens (tertiary/aromatic N) is 2. The van der Waals surface area contributed by atoms with Gasteiger partial charge in [-0.25, -0.2) is 0 Å². The van der Waals surface area contributed by atoms with Gasteiger partial charge in [-0.15, -0.1) is 0 Å². The number of anilines is 1. The van der Waals surface area contributed by atoms with Crippen LogP contribution in [0.3, 0.4) is 0 Å². The van der Waals surface area contributed by atoms with Gasteiger partial charge < -0.3 is 9.32 Å². The van der Waals surface area contributed by atoms with Crippen LogP contribution in [0.25, 0.3) is 17.0 Å². The van der Waals surface area contributed by atoms with Crippen molar-refractivity contribution in [2.45, 2.75) is 0 Å². The topological polar surface area (TPSA) is 75.4 Å². The van der Waals surface area contributed by atoms with Gasteiger partial charge in [-0.05, 0) is 42.1 Å². The highest BCUT2D eigenvalue weighted by Gasteiger charge is 2.25. The highest BCUT2D eigenvalue weighted by atomic mass is 32.2. The Morgan fingerprint density at radius 1 is 1.14 bits per heavy atom. The number of carbonyl (C=O) groups is 2. The molecule has 3 heterocycles. The van der Waals surface area contributed by atoms with Crippen LogP contribution in [0.15, 0.2) is 52.0 Å². The number of furan rings is 1. The maximum atomic E-state index is 11.7. The zero-order chi connectivity index (χ0) is 19.7. The summed E-state index contributed by atoms with van der Waals surface area (Å²) in [4.78, 5) is 29.5. The van der Waals surface area contributed by atoms with Crippen LogP contribution in [0, 0.1) is 11.8 Å². The Morgan fingerprint density at radius 2 is 1.93 bits per heavy atom. The summed E-state index contributed by atoms with van der Waals surface area (Å²) in [5.41, 5.74) is 3.23. The van der Waals surface area contributed by atoms with Crippen molar-refractivity contribution < 1.29 is 14.0 Å². The second-order valence-corrected chi connectivity index (χ2v) is 7.31. The van der Waals surface area contributed by atoms with Crippen LogP contribution in [0.4, 0.5) is 10.5 Å². The summed E-state index contributed by atoms with van der Waals surface area (Å²) in [6.07, 6.45) is 4.86. The number of benzene rings is 1. The molecule has 0 aliphatic carbocycles. The predicted molar refractivity (Wildman–Crippen MR) is 110 cm³/mol. The van der Waals surface area contributed by atoms with Crippen molar-refractivity contribution in [1.82, 2.24) is 10.3 Å². The number of pyridine rings is 1. The Bertz CT molecular complexity index is 1180. The number of thioether (sulfide) groups is 1.